The maximum absolute atomic E-state index is 13.8. The summed E-state index contributed by atoms with van der Waals surface area (Å²) < 4.78 is 0. The van der Waals surface area contributed by atoms with Gasteiger partial charge in [0.25, 0.3) is 0 Å². The summed E-state index contributed by atoms with van der Waals surface area (Å²) in [5.74, 6) is -0.411. The van der Waals surface area contributed by atoms with Crippen LogP contribution >= 0.6 is 23.2 Å². The summed E-state index contributed by atoms with van der Waals surface area (Å²) in [6.45, 7) is 4.58. The van der Waals surface area contributed by atoms with Crippen LogP contribution in [0, 0.1) is 0 Å². The van der Waals surface area contributed by atoms with Gasteiger partial charge in [-0.15, -0.1) is 0 Å². The van der Waals surface area contributed by atoms with Gasteiger partial charge in [0.05, 0.1) is 10.0 Å². The Kier molecular flexibility index (Phi) is 9.55. The predicted octanol–water partition coefficient (Wildman–Crippen LogP) is 6.46. The zero-order valence-corrected chi connectivity index (χ0v) is 21.0. The molecule has 178 valence electrons. The van der Waals surface area contributed by atoms with Gasteiger partial charge < -0.3 is 10.2 Å². The highest BCUT2D eigenvalue weighted by Gasteiger charge is 2.29. The monoisotopic (exact) mass is 496 g/mol. The molecule has 0 fully saturated rings. The minimum atomic E-state index is -0.638. The molecule has 3 aromatic rings. The minimum Gasteiger partial charge on any atom is -0.354 e. The fourth-order valence-corrected chi connectivity index (χ4v) is 4.22. The van der Waals surface area contributed by atoms with E-state index in [0.29, 0.717) is 16.6 Å². The highest BCUT2D eigenvalue weighted by atomic mass is 35.5. The molecule has 0 spiro atoms. The van der Waals surface area contributed by atoms with Crippen LogP contribution < -0.4 is 5.32 Å². The molecule has 1 atom stereocenters. The van der Waals surface area contributed by atoms with E-state index in [1.165, 1.54) is 0 Å². The zero-order chi connectivity index (χ0) is 24.5. The summed E-state index contributed by atoms with van der Waals surface area (Å²) in [7, 11) is 0. The molecule has 0 radical (unpaired) electrons. The Bertz CT molecular complexity index is 1050. The van der Waals surface area contributed by atoms with Crippen LogP contribution in [0.3, 0.4) is 0 Å². The Morgan fingerprint density at radius 2 is 1.47 bits per heavy atom. The number of carbonyl (C=O) groups excluding carboxylic acids is 2. The van der Waals surface area contributed by atoms with Gasteiger partial charge in [-0.3, -0.25) is 9.59 Å². The first-order chi connectivity index (χ1) is 16.4. The maximum Gasteiger partial charge on any atom is 0.242 e. The van der Waals surface area contributed by atoms with Crippen molar-refractivity contribution in [2.45, 2.75) is 45.2 Å². The summed E-state index contributed by atoms with van der Waals surface area (Å²) in [5, 5.41) is 3.78. The number of nitrogens with one attached hydrogen (secondary N) is 1. The number of hydrogen-bond acceptors (Lipinski definition) is 2. The molecular formula is C28H30Cl2N2O2. The number of benzene rings is 3. The summed E-state index contributed by atoms with van der Waals surface area (Å²) in [4.78, 5) is 28.2. The number of nitrogens with zero attached hydrogens (tertiary/aromatic N) is 1. The molecule has 0 heterocycles. The van der Waals surface area contributed by atoms with Crippen LogP contribution in [0.1, 0.15) is 49.3 Å². The van der Waals surface area contributed by atoms with Crippen molar-refractivity contribution in [3.63, 3.8) is 0 Å². The van der Waals surface area contributed by atoms with E-state index in [9.17, 15) is 9.59 Å². The summed E-state index contributed by atoms with van der Waals surface area (Å²) in [6.07, 6.45) is 1.06. The van der Waals surface area contributed by atoms with Crippen molar-refractivity contribution in [2.75, 3.05) is 6.54 Å². The maximum atomic E-state index is 13.8. The molecule has 2 amide bonds. The second-order valence-electron chi connectivity index (χ2n) is 8.32. The van der Waals surface area contributed by atoms with Gasteiger partial charge in [0.15, 0.2) is 0 Å². The second kappa shape index (κ2) is 12.6. The van der Waals surface area contributed by atoms with Crippen molar-refractivity contribution in [1.82, 2.24) is 10.2 Å². The topological polar surface area (TPSA) is 49.4 Å². The highest BCUT2D eigenvalue weighted by molar-refractivity contribution is 6.42. The standard InChI is InChI=1S/C28H30Cl2N2O2/c1-3-16-31-28(34)20(2)32(19-21-14-15-25(29)26(30)17-21)27(33)18-24(22-10-6-4-7-11-22)23-12-8-5-9-13-23/h4-15,17,20,24H,3,16,18-19H2,1-2H3,(H,31,34)/t20-/m0/s1. The largest absolute Gasteiger partial charge is 0.354 e. The van der Waals surface area contributed by atoms with Gasteiger partial charge >= 0.3 is 0 Å². The Hall–Kier alpha value is -2.82. The Labute approximate surface area is 211 Å². The molecule has 0 aliphatic rings. The van der Waals surface area contributed by atoms with E-state index in [4.69, 9.17) is 23.2 Å². The van der Waals surface area contributed by atoms with Crippen molar-refractivity contribution in [1.29, 1.82) is 0 Å². The number of rotatable bonds is 10. The smallest absolute Gasteiger partial charge is 0.242 e. The van der Waals surface area contributed by atoms with Crippen molar-refractivity contribution in [3.8, 4) is 0 Å². The van der Waals surface area contributed by atoms with Gasteiger partial charge in [-0.2, -0.15) is 0 Å². The molecule has 3 rings (SSSR count). The van der Waals surface area contributed by atoms with E-state index >= 15 is 0 Å². The van der Waals surface area contributed by atoms with Crippen LogP contribution in [0.25, 0.3) is 0 Å². The lowest BCUT2D eigenvalue weighted by Gasteiger charge is -2.30. The molecule has 1 N–H and O–H groups in total. The number of hydrogen-bond donors (Lipinski definition) is 1. The lowest BCUT2D eigenvalue weighted by atomic mass is 9.88. The Balaban J connectivity index is 1.91. The zero-order valence-electron chi connectivity index (χ0n) is 19.5. The van der Waals surface area contributed by atoms with E-state index < -0.39 is 6.04 Å². The average molecular weight is 497 g/mol. The van der Waals surface area contributed by atoms with Crippen molar-refractivity contribution < 1.29 is 9.59 Å². The quantitative estimate of drug-likeness (QED) is 0.350. The summed E-state index contributed by atoms with van der Waals surface area (Å²) in [6, 6.07) is 24.6. The molecule has 4 nitrogen and oxygen atoms in total. The van der Waals surface area contributed by atoms with Gasteiger partial charge in [-0.1, -0.05) is 96.9 Å². The Morgan fingerprint density at radius 3 is 2.00 bits per heavy atom. The van der Waals surface area contributed by atoms with Crippen LogP contribution in [0.4, 0.5) is 0 Å². The first-order valence-corrected chi connectivity index (χ1v) is 12.3. The van der Waals surface area contributed by atoms with Crippen LogP contribution in [0.15, 0.2) is 78.9 Å². The molecule has 0 bridgehead atoms. The van der Waals surface area contributed by atoms with E-state index in [1.54, 1.807) is 24.0 Å². The highest BCUT2D eigenvalue weighted by Crippen LogP contribution is 2.30. The third kappa shape index (κ3) is 6.85. The molecule has 0 unspecified atom stereocenters. The molecule has 34 heavy (non-hydrogen) atoms. The lowest BCUT2D eigenvalue weighted by Crippen LogP contribution is -2.48. The van der Waals surface area contributed by atoms with Gasteiger partial charge in [0.2, 0.25) is 11.8 Å². The molecule has 0 aliphatic heterocycles. The first-order valence-electron chi connectivity index (χ1n) is 11.5. The average Bonchev–Trinajstić information content (AvgIpc) is 2.86. The minimum absolute atomic E-state index is 0.108. The number of amides is 2. The SMILES string of the molecule is CCCNC(=O)[C@H](C)N(Cc1ccc(Cl)c(Cl)c1)C(=O)CC(c1ccccc1)c1ccccc1. The molecular weight excluding hydrogens is 467 g/mol. The normalized spacial score (nSPS) is 11.8. The van der Waals surface area contributed by atoms with Crippen LogP contribution in [0.2, 0.25) is 10.0 Å². The fourth-order valence-electron chi connectivity index (χ4n) is 3.90. The molecule has 3 aromatic carbocycles. The second-order valence-corrected chi connectivity index (χ2v) is 9.13. The third-order valence-electron chi connectivity index (χ3n) is 5.84. The Morgan fingerprint density at radius 1 is 0.882 bits per heavy atom. The van der Waals surface area contributed by atoms with E-state index in [2.05, 4.69) is 5.32 Å². The lowest BCUT2D eigenvalue weighted by molar-refractivity contribution is -0.140. The van der Waals surface area contributed by atoms with Crippen LogP contribution in [-0.2, 0) is 16.1 Å². The molecule has 0 saturated carbocycles. The van der Waals surface area contributed by atoms with Crippen LogP contribution in [0.5, 0.6) is 0 Å². The number of carbonyl (C=O) groups is 2. The molecule has 6 heteroatoms. The van der Waals surface area contributed by atoms with Crippen molar-refractivity contribution >= 4 is 35.0 Å². The van der Waals surface area contributed by atoms with E-state index in [1.807, 2.05) is 73.7 Å². The van der Waals surface area contributed by atoms with Crippen molar-refractivity contribution in [3.05, 3.63) is 106 Å². The van der Waals surface area contributed by atoms with Gasteiger partial charge in [0, 0.05) is 25.4 Å². The fraction of sp³-hybridized carbons (Fsp3) is 0.286. The predicted molar refractivity (Wildman–Crippen MR) is 139 cm³/mol. The summed E-state index contributed by atoms with van der Waals surface area (Å²) in [5.41, 5.74) is 2.92. The van der Waals surface area contributed by atoms with Gasteiger partial charge in [0.1, 0.15) is 6.04 Å². The number of halogens is 2. The molecule has 0 aromatic heterocycles. The third-order valence-corrected chi connectivity index (χ3v) is 6.58. The molecule has 0 saturated heterocycles. The molecule has 0 aliphatic carbocycles. The van der Waals surface area contributed by atoms with E-state index in [-0.39, 0.29) is 30.7 Å². The first kappa shape index (κ1) is 25.8. The summed E-state index contributed by atoms with van der Waals surface area (Å²) >= 11 is 12.3. The van der Waals surface area contributed by atoms with Crippen molar-refractivity contribution in [2.24, 2.45) is 0 Å². The van der Waals surface area contributed by atoms with Crippen LogP contribution in [-0.4, -0.2) is 29.3 Å². The van der Waals surface area contributed by atoms with Gasteiger partial charge in [-0.25, -0.2) is 0 Å². The van der Waals surface area contributed by atoms with E-state index in [0.717, 1.165) is 23.1 Å². The van der Waals surface area contributed by atoms with Gasteiger partial charge in [-0.05, 0) is 42.2 Å².